The summed E-state index contributed by atoms with van der Waals surface area (Å²) in [7, 11) is 1.95. The molecule has 0 saturated carbocycles. The van der Waals surface area contributed by atoms with Gasteiger partial charge < -0.3 is 0 Å². The van der Waals surface area contributed by atoms with Crippen LogP contribution in [0, 0.1) is 11.7 Å². The van der Waals surface area contributed by atoms with E-state index in [0.717, 1.165) is 40.7 Å². The zero-order valence-electron chi connectivity index (χ0n) is 12.2. The van der Waals surface area contributed by atoms with E-state index in [4.69, 9.17) is 11.6 Å². The van der Waals surface area contributed by atoms with Crippen LogP contribution in [0.2, 0.25) is 0 Å². The van der Waals surface area contributed by atoms with Crippen molar-refractivity contribution in [3.63, 3.8) is 0 Å². The van der Waals surface area contributed by atoms with Gasteiger partial charge in [0.05, 0.1) is 15.9 Å². The third-order valence-electron chi connectivity index (χ3n) is 3.62. The molecule has 1 aromatic heterocycles. The van der Waals surface area contributed by atoms with Crippen molar-refractivity contribution in [2.75, 3.05) is 5.88 Å². The maximum atomic E-state index is 13.3. The Morgan fingerprint density at radius 1 is 1.38 bits per heavy atom. The van der Waals surface area contributed by atoms with Gasteiger partial charge in [0.15, 0.2) is 0 Å². The highest BCUT2D eigenvalue weighted by molar-refractivity contribution is 9.10. The van der Waals surface area contributed by atoms with E-state index in [1.54, 1.807) is 12.1 Å². The average Bonchev–Trinajstić information content (AvgIpc) is 2.73. The Balaban J connectivity index is 2.14. The molecule has 0 aliphatic rings. The number of alkyl halides is 1. The van der Waals surface area contributed by atoms with Gasteiger partial charge in [-0.1, -0.05) is 19.1 Å². The first-order valence-electron chi connectivity index (χ1n) is 7.05. The summed E-state index contributed by atoms with van der Waals surface area (Å²) in [5.41, 5.74) is 3.19. The largest absolute Gasteiger partial charge is 0.271 e. The first-order valence-corrected chi connectivity index (χ1v) is 8.38. The number of aryl methyl sites for hydroxylation is 2. The van der Waals surface area contributed by atoms with Crippen molar-refractivity contribution in [3.8, 4) is 0 Å². The van der Waals surface area contributed by atoms with Crippen molar-refractivity contribution in [1.82, 2.24) is 9.78 Å². The molecule has 21 heavy (non-hydrogen) atoms. The number of hydrogen-bond acceptors (Lipinski definition) is 1. The summed E-state index contributed by atoms with van der Waals surface area (Å²) in [5, 5.41) is 4.50. The van der Waals surface area contributed by atoms with Crippen molar-refractivity contribution >= 4 is 27.5 Å². The number of rotatable bonds is 6. The third kappa shape index (κ3) is 4.07. The molecule has 0 spiro atoms. The highest BCUT2D eigenvalue weighted by Gasteiger charge is 2.18. The number of benzene rings is 1. The quantitative estimate of drug-likeness (QED) is 0.681. The van der Waals surface area contributed by atoms with Gasteiger partial charge in [0, 0.05) is 12.9 Å². The number of aromatic nitrogens is 2. The molecule has 1 heterocycles. The van der Waals surface area contributed by atoms with Gasteiger partial charge in [-0.2, -0.15) is 5.10 Å². The second-order valence-corrected chi connectivity index (χ2v) is 6.34. The van der Waals surface area contributed by atoms with Crippen LogP contribution in [0.25, 0.3) is 0 Å². The molecular weight excluding hydrogens is 355 g/mol. The molecule has 0 aliphatic heterocycles. The molecule has 0 amide bonds. The Morgan fingerprint density at radius 2 is 2.14 bits per heavy atom. The molecule has 2 nitrogen and oxygen atoms in total. The summed E-state index contributed by atoms with van der Waals surface area (Å²) in [6.45, 7) is 2.09. The molecule has 0 N–H and O–H groups in total. The van der Waals surface area contributed by atoms with Crippen LogP contribution in [0.5, 0.6) is 0 Å². The molecule has 0 saturated heterocycles. The van der Waals surface area contributed by atoms with Crippen LogP contribution in [-0.2, 0) is 26.3 Å². The summed E-state index contributed by atoms with van der Waals surface area (Å²) in [6, 6.07) is 6.73. The highest BCUT2D eigenvalue weighted by atomic mass is 79.9. The lowest BCUT2D eigenvalue weighted by Crippen LogP contribution is -2.13. The van der Waals surface area contributed by atoms with Gasteiger partial charge >= 0.3 is 0 Å². The molecule has 0 aliphatic carbocycles. The molecule has 1 aromatic carbocycles. The smallest absolute Gasteiger partial charge is 0.123 e. The van der Waals surface area contributed by atoms with Crippen molar-refractivity contribution in [2.24, 2.45) is 13.0 Å². The van der Waals surface area contributed by atoms with E-state index >= 15 is 0 Å². The van der Waals surface area contributed by atoms with Crippen LogP contribution in [0.3, 0.4) is 0 Å². The van der Waals surface area contributed by atoms with Gasteiger partial charge in [0.25, 0.3) is 0 Å². The van der Waals surface area contributed by atoms with Crippen molar-refractivity contribution in [3.05, 3.63) is 51.5 Å². The molecule has 0 fully saturated rings. The van der Waals surface area contributed by atoms with Crippen molar-refractivity contribution in [2.45, 2.75) is 26.2 Å². The zero-order valence-corrected chi connectivity index (χ0v) is 14.6. The summed E-state index contributed by atoms with van der Waals surface area (Å²) in [5.74, 6) is 0.593. The zero-order chi connectivity index (χ0) is 15.4. The minimum Gasteiger partial charge on any atom is -0.271 e. The predicted molar refractivity (Wildman–Crippen MR) is 88.3 cm³/mol. The van der Waals surface area contributed by atoms with E-state index in [1.807, 2.05) is 17.8 Å². The summed E-state index contributed by atoms with van der Waals surface area (Å²) in [6.07, 6.45) is 2.48. The normalized spacial score (nSPS) is 12.6. The minimum absolute atomic E-state index is 0.198. The van der Waals surface area contributed by atoms with E-state index in [9.17, 15) is 4.39 Å². The predicted octanol–water partition coefficient (Wildman–Crippen LogP) is 4.52. The molecule has 0 bridgehead atoms. The summed E-state index contributed by atoms with van der Waals surface area (Å²) in [4.78, 5) is 0. The second-order valence-electron chi connectivity index (χ2n) is 5.24. The minimum atomic E-state index is -0.198. The highest BCUT2D eigenvalue weighted by Crippen LogP contribution is 2.26. The van der Waals surface area contributed by atoms with Crippen molar-refractivity contribution < 1.29 is 4.39 Å². The third-order valence-corrected chi connectivity index (χ3v) is 4.97. The number of halogens is 3. The van der Waals surface area contributed by atoms with Crippen LogP contribution in [0.4, 0.5) is 4.39 Å². The number of nitrogens with zero attached hydrogens (tertiary/aromatic N) is 2. The molecule has 0 radical (unpaired) electrons. The molecule has 5 heteroatoms. The topological polar surface area (TPSA) is 17.8 Å². The number of hydrogen-bond donors (Lipinski definition) is 0. The van der Waals surface area contributed by atoms with Gasteiger partial charge in [-0.3, -0.25) is 4.68 Å². The Bertz CT molecular complexity index is 612. The van der Waals surface area contributed by atoms with E-state index in [-0.39, 0.29) is 11.7 Å². The first kappa shape index (κ1) is 16.5. The van der Waals surface area contributed by atoms with E-state index in [0.29, 0.717) is 5.88 Å². The molecule has 1 unspecified atom stereocenters. The Morgan fingerprint density at radius 3 is 2.71 bits per heavy atom. The van der Waals surface area contributed by atoms with Gasteiger partial charge in [-0.15, -0.1) is 11.6 Å². The lowest BCUT2D eigenvalue weighted by atomic mass is 9.96. The fourth-order valence-corrected chi connectivity index (χ4v) is 3.49. The maximum absolute atomic E-state index is 13.3. The molecule has 114 valence electrons. The summed E-state index contributed by atoms with van der Waals surface area (Å²) < 4.78 is 16.3. The standard InChI is InChI=1S/C16H19BrClFN2/c1-3-14-16(17)15(21(2)20-14)9-12(10-18)7-11-5-4-6-13(19)8-11/h4-6,8,12H,3,7,9-10H2,1-2H3. The van der Waals surface area contributed by atoms with Crippen LogP contribution in [-0.4, -0.2) is 15.7 Å². The first-order chi connectivity index (χ1) is 10.0. The molecule has 2 rings (SSSR count). The van der Waals surface area contributed by atoms with Crippen LogP contribution < -0.4 is 0 Å². The van der Waals surface area contributed by atoms with Gasteiger partial charge in [0.2, 0.25) is 0 Å². The van der Waals surface area contributed by atoms with Crippen LogP contribution in [0.15, 0.2) is 28.7 Å². The van der Waals surface area contributed by atoms with E-state index < -0.39 is 0 Å². The lowest BCUT2D eigenvalue weighted by Gasteiger charge is -2.14. The molecule has 1 atom stereocenters. The Kier molecular flexibility index (Phi) is 5.82. The SMILES string of the molecule is CCc1nn(C)c(CC(CCl)Cc2cccc(F)c2)c1Br. The molecular formula is C16H19BrClFN2. The van der Waals surface area contributed by atoms with Gasteiger partial charge in [-0.25, -0.2) is 4.39 Å². The summed E-state index contributed by atoms with van der Waals surface area (Å²) >= 11 is 9.74. The monoisotopic (exact) mass is 372 g/mol. The average molecular weight is 374 g/mol. The maximum Gasteiger partial charge on any atom is 0.123 e. The van der Waals surface area contributed by atoms with Gasteiger partial charge in [-0.05, 0) is 58.8 Å². The second kappa shape index (κ2) is 7.41. The van der Waals surface area contributed by atoms with E-state index in [1.165, 1.54) is 6.07 Å². The van der Waals surface area contributed by atoms with Gasteiger partial charge in [0.1, 0.15) is 5.82 Å². The van der Waals surface area contributed by atoms with Crippen LogP contribution in [0.1, 0.15) is 23.9 Å². The Labute approximate surface area is 138 Å². The fourth-order valence-electron chi connectivity index (χ4n) is 2.49. The lowest BCUT2D eigenvalue weighted by molar-refractivity contribution is 0.546. The Hall–Kier alpha value is -0.870. The fraction of sp³-hybridized carbons (Fsp3) is 0.438. The van der Waals surface area contributed by atoms with Crippen molar-refractivity contribution in [1.29, 1.82) is 0 Å². The molecule has 2 aromatic rings. The van der Waals surface area contributed by atoms with Crippen LogP contribution >= 0.6 is 27.5 Å². The van der Waals surface area contributed by atoms with E-state index in [2.05, 4.69) is 28.0 Å².